The molecule has 0 saturated heterocycles. The topological polar surface area (TPSA) is 23.9 Å². The molecule has 0 saturated carbocycles. The Labute approximate surface area is 134 Å². The summed E-state index contributed by atoms with van der Waals surface area (Å²) in [7, 11) is 0. The second-order valence-electron chi connectivity index (χ2n) is 6.30. The first-order chi connectivity index (χ1) is 9.38. The number of allylic oxidation sites excluding steroid dienone is 5. The van der Waals surface area contributed by atoms with Crippen LogP contribution >= 0.6 is 0 Å². The monoisotopic (exact) mass is 291 g/mol. The van der Waals surface area contributed by atoms with Crippen molar-refractivity contribution in [3.05, 3.63) is 48.1 Å². The first-order valence-corrected chi connectivity index (χ1v) is 7.51. The molecule has 0 amide bonds. The summed E-state index contributed by atoms with van der Waals surface area (Å²) in [5.74, 6) is 0.901. The minimum absolute atomic E-state index is 0.350. The predicted molar refractivity (Wildman–Crippen MR) is 101 cm³/mol. The molecule has 1 heteroatoms. The van der Waals surface area contributed by atoms with Crippen LogP contribution in [-0.2, 0) is 0 Å². The molecule has 0 bridgehead atoms. The molecule has 0 aliphatic carbocycles. The van der Waals surface area contributed by atoms with Gasteiger partial charge in [0.1, 0.15) is 0 Å². The fraction of sp³-hybridized carbons (Fsp3) is 0.550. The lowest BCUT2D eigenvalue weighted by atomic mass is 9.93. The Morgan fingerprint density at radius 2 is 1.24 bits per heavy atom. The third-order valence-electron chi connectivity index (χ3n) is 3.10. The van der Waals surface area contributed by atoms with Gasteiger partial charge < -0.3 is 5.41 Å². The number of hydrogen-bond acceptors (Lipinski definition) is 1. The highest BCUT2D eigenvalue weighted by Crippen LogP contribution is 2.10. The van der Waals surface area contributed by atoms with Crippen molar-refractivity contribution in [2.45, 2.75) is 62.3 Å². The molecule has 122 valence electrons. The fourth-order valence-electron chi connectivity index (χ4n) is 0.972. The van der Waals surface area contributed by atoms with Crippen molar-refractivity contribution in [1.82, 2.24) is 0 Å². The van der Waals surface area contributed by atoms with Gasteiger partial charge in [-0.05, 0) is 59.5 Å². The lowest BCUT2D eigenvalue weighted by Crippen LogP contribution is -2.12. The molecule has 0 heterocycles. The zero-order valence-electron chi connectivity index (χ0n) is 15.9. The van der Waals surface area contributed by atoms with Crippen molar-refractivity contribution in [2.24, 2.45) is 11.8 Å². The SMILES string of the molecule is C=C(C)C.C=C(C)C(C)=C(C)C.C=CC(=N)C(C)C(C)C. The number of nitrogens with one attached hydrogen (secondary N) is 1. The summed E-state index contributed by atoms with van der Waals surface area (Å²) in [6, 6.07) is 0. The minimum Gasteiger partial charge on any atom is -0.305 e. The van der Waals surface area contributed by atoms with Crippen LogP contribution in [0.1, 0.15) is 62.3 Å². The van der Waals surface area contributed by atoms with E-state index in [9.17, 15) is 0 Å². The summed E-state index contributed by atoms with van der Waals surface area (Å²) in [6.45, 7) is 29.5. The lowest BCUT2D eigenvalue weighted by molar-refractivity contribution is 0.532. The van der Waals surface area contributed by atoms with E-state index in [1.165, 1.54) is 22.3 Å². The molecule has 21 heavy (non-hydrogen) atoms. The maximum atomic E-state index is 7.36. The molecule has 0 spiro atoms. The summed E-state index contributed by atoms with van der Waals surface area (Å²) in [4.78, 5) is 0. The average Bonchev–Trinajstić information content (AvgIpc) is 2.35. The van der Waals surface area contributed by atoms with Gasteiger partial charge in [-0.3, -0.25) is 0 Å². The van der Waals surface area contributed by atoms with Crippen molar-refractivity contribution in [1.29, 1.82) is 5.41 Å². The van der Waals surface area contributed by atoms with E-state index in [1.807, 2.05) is 20.8 Å². The molecule has 0 aliphatic rings. The van der Waals surface area contributed by atoms with Gasteiger partial charge in [0.15, 0.2) is 0 Å². The molecule has 0 aliphatic heterocycles. The summed E-state index contributed by atoms with van der Waals surface area (Å²) < 4.78 is 0. The van der Waals surface area contributed by atoms with Crippen molar-refractivity contribution in [2.75, 3.05) is 0 Å². The molecule has 0 fully saturated rings. The van der Waals surface area contributed by atoms with E-state index in [0.717, 1.165) is 0 Å². The van der Waals surface area contributed by atoms with Crippen LogP contribution in [0.3, 0.4) is 0 Å². The van der Waals surface area contributed by atoms with Crippen LogP contribution in [0.4, 0.5) is 0 Å². The Kier molecular flexibility index (Phi) is 16.0. The van der Waals surface area contributed by atoms with Crippen molar-refractivity contribution >= 4 is 5.71 Å². The van der Waals surface area contributed by atoms with Crippen LogP contribution < -0.4 is 0 Å². The van der Waals surface area contributed by atoms with Crippen molar-refractivity contribution in [3.63, 3.8) is 0 Å². The highest BCUT2D eigenvalue weighted by molar-refractivity contribution is 5.93. The molecule has 0 aromatic rings. The van der Waals surface area contributed by atoms with Crippen LogP contribution in [0.25, 0.3) is 0 Å². The second kappa shape index (κ2) is 13.6. The largest absolute Gasteiger partial charge is 0.305 e. The van der Waals surface area contributed by atoms with Gasteiger partial charge in [0.2, 0.25) is 0 Å². The number of hydrogen-bond donors (Lipinski definition) is 1. The van der Waals surface area contributed by atoms with Gasteiger partial charge in [-0.25, -0.2) is 0 Å². The first-order valence-electron chi connectivity index (χ1n) is 7.51. The van der Waals surface area contributed by atoms with E-state index in [0.29, 0.717) is 17.5 Å². The molecule has 1 atom stereocenters. The third-order valence-corrected chi connectivity index (χ3v) is 3.10. The van der Waals surface area contributed by atoms with E-state index in [-0.39, 0.29) is 0 Å². The average molecular weight is 292 g/mol. The Morgan fingerprint density at radius 1 is 0.905 bits per heavy atom. The van der Waals surface area contributed by atoms with Crippen LogP contribution in [0.2, 0.25) is 0 Å². The van der Waals surface area contributed by atoms with Crippen LogP contribution in [0.5, 0.6) is 0 Å². The van der Waals surface area contributed by atoms with E-state index >= 15 is 0 Å². The maximum Gasteiger partial charge on any atom is 0.0338 e. The first kappa shape index (κ1) is 24.6. The molecule has 0 aromatic carbocycles. The molecule has 0 rings (SSSR count). The molecular weight excluding hydrogens is 254 g/mol. The van der Waals surface area contributed by atoms with Gasteiger partial charge in [0.25, 0.3) is 0 Å². The van der Waals surface area contributed by atoms with Crippen molar-refractivity contribution < 1.29 is 0 Å². The Morgan fingerprint density at radius 3 is 1.29 bits per heavy atom. The molecule has 0 aromatic heterocycles. The van der Waals surface area contributed by atoms with Crippen LogP contribution in [-0.4, -0.2) is 5.71 Å². The van der Waals surface area contributed by atoms with Crippen LogP contribution in [0, 0.1) is 17.2 Å². The fourth-order valence-corrected chi connectivity index (χ4v) is 0.972. The normalized spacial score (nSPS) is 10.2. The molecule has 1 unspecified atom stereocenters. The summed E-state index contributed by atoms with van der Waals surface area (Å²) in [5.41, 5.74) is 5.66. The zero-order chi connectivity index (χ0) is 17.7. The van der Waals surface area contributed by atoms with E-state index in [1.54, 1.807) is 6.08 Å². The van der Waals surface area contributed by atoms with E-state index in [4.69, 9.17) is 5.41 Å². The third kappa shape index (κ3) is 18.6. The molecule has 1 nitrogen and oxygen atoms in total. The summed E-state index contributed by atoms with van der Waals surface area (Å²) in [6.07, 6.45) is 1.62. The van der Waals surface area contributed by atoms with E-state index < -0.39 is 0 Å². The molecule has 1 N–H and O–H groups in total. The smallest absolute Gasteiger partial charge is 0.0338 e. The predicted octanol–water partition coefficient (Wildman–Crippen LogP) is 6.99. The summed E-state index contributed by atoms with van der Waals surface area (Å²) >= 11 is 0. The van der Waals surface area contributed by atoms with Crippen molar-refractivity contribution in [3.8, 4) is 0 Å². The number of rotatable bonds is 4. The van der Waals surface area contributed by atoms with Gasteiger partial charge in [-0.15, -0.1) is 6.58 Å². The molecular formula is C20H37N. The lowest BCUT2D eigenvalue weighted by Gasteiger charge is -2.12. The summed E-state index contributed by atoms with van der Waals surface area (Å²) in [5, 5.41) is 7.36. The Bertz CT molecular complexity index is 373. The van der Waals surface area contributed by atoms with E-state index in [2.05, 4.69) is 61.3 Å². The highest BCUT2D eigenvalue weighted by Gasteiger charge is 2.08. The highest BCUT2D eigenvalue weighted by atomic mass is 14.4. The zero-order valence-corrected chi connectivity index (χ0v) is 15.9. The maximum absolute atomic E-state index is 7.36. The second-order valence-corrected chi connectivity index (χ2v) is 6.30. The van der Waals surface area contributed by atoms with Gasteiger partial charge in [-0.1, -0.05) is 56.2 Å². The van der Waals surface area contributed by atoms with Gasteiger partial charge in [0, 0.05) is 5.71 Å². The Balaban J connectivity index is -0.000000249. The van der Waals surface area contributed by atoms with Crippen LogP contribution in [0.15, 0.2) is 48.1 Å². The van der Waals surface area contributed by atoms with Gasteiger partial charge in [-0.2, -0.15) is 0 Å². The quantitative estimate of drug-likeness (QED) is 0.328. The Hall–Kier alpha value is -1.37. The standard InChI is InChI=1S/C8H15N.C8H14.C4H8/c1-5-8(9)7(4)6(2)3;1-6(2)8(5)7(3)4;1-4(2)3/h5-7,9H,1H2,2-4H3;1H2,2-5H3;1H2,2-3H3. The van der Waals surface area contributed by atoms with Gasteiger partial charge in [0.05, 0.1) is 0 Å². The van der Waals surface area contributed by atoms with Gasteiger partial charge >= 0.3 is 0 Å². The molecule has 0 radical (unpaired) electrons. The minimum atomic E-state index is 0.350.